The molecule has 2 N–H and O–H groups in total. The number of phenolic OH excluding ortho intramolecular Hbond substituents is 2. The Bertz CT molecular complexity index is 1540. The molecule has 218 valence electrons. The number of phenols is 2. The highest BCUT2D eigenvalue weighted by molar-refractivity contribution is 5.83. The Balaban J connectivity index is 1.26. The van der Waals surface area contributed by atoms with Gasteiger partial charge in [-0.2, -0.15) is 13.2 Å². The third kappa shape index (κ3) is 8.56. The standard InChI is InChI=1S/C35H35F3N2O2/c1-24-12-14-26(15-13-24)23-40-32-21-25(2)20-29(34(32)42)9-6-4-3-5-8-28-10-7-11-31(33(28)41)39-22-27-16-18-30(19-17-27)35(36,37)38/h7,10-23,41-42H,3-6,8-9H2,1-2H3. The predicted molar refractivity (Wildman–Crippen MR) is 164 cm³/mol. The first-order valence-corrected chi connectivity index (χ1v) is 14.1. The van der Waals surface area contributed by atoms with E-state index in [-0.39, 0.29) is 11.5 Å². The van der Waals surface area contributed by atoms with Crippen LogP contribution in [-0.4, -0.2) is 22.6 Å². The lowest BCUT2D eigenvalue weighted by Crippen LogP contribution is -2.04. The van der Waals surface area contributed by atoms with Crippen LogP contribution in [0.2, 0.25) is 0 Å². The smallest absolute Gasteiger partial charge is 0.416 e. The van der Waals surface area contributed by atoms with Crippen molar-refractivity contribution in [3.8, 4) is 11.5 Å². The summed E-state index contributed by atoms with van der Waals surface area (Å²) in [7, 11) is 0. The number of hydrogen-bond acceptors (Lipinski definition) is 4. The summed E-state index contributed by atoms with van der Waals surface area (Å²) in [5, 5.41) is 21.5. The Morgan fingerprint density at radius 2 is 1.17 bits per heavy atom. The minimum Gasteiger partial charge on any atom is -0.505 e. The van der Waals surface area contributed by atoms with Gasteiger partial charge in [0.1, 0.15) is 22.9 Å². The summed E-state index contributed by atoms with van der Waals surface area (Å²) in [4.78, 5) is 8.81. The fourth-order valence-electron chi connectivity index (χ4n) is 4.69. The quantitative estimate of drug-likeness (QED) is 0.139. The molecule has 0 aromatic heterocycles. The van der Waals surface area contributed by atoms with Crippen LogP contribution in [0.1, 0.15) is 64.6 Å². The van der Waals surface area contributed by atoms with E-state index in [0.29, 0.717) is 23.4 Å². The monoisotopic (exact) mass is 572 g/mol. The molecule has 0 saturated heterocycles. The Hall–Kier alpha value is -4.39. The molecule has 0 aliphatic rings. The van der Waals surface area contributed by atoms with E-state index in [1.54, 1.807) is 12.3 Å². The topological polar surface area (TPSA) is 65.2 Å². The van der Waals surface area contributed by atoms with Gasteiger partial charge in [0.05, 0.1) is 5.56 Å². The molecule has 7 heteroatoms. The summed E-state index contributed by atoms with van der Waals surface area (Å²) in [6, 6.07) is 22.0. The maximum atomic E-state index is 12.8. The Morgan fingerprint density at radius 1 is 0.619 bits per heavy atom. The predicted octanol–water partition coefficient (Wildman–Crippen LogP) is 9.58. The highest BCUT2D eigenvalue weighted by Crippen LogP contribution is 2.34. The second-order valence-corrected chi connectivity index (χ2v) is 10.5. The normalized spacial score (nSPS) is 12.0. The molecule has 42 heavy (non-hydrogen) atoms. The number of benzene rings is 4. The SMILES string of the molecule is Cc1ccc(C=Nc2cc(C)cc(CCCCCCc3cccc(N=Cc4ccc(C(F)(F)F)cc4)c3O)c2O)cc1. The van der Waals surface area contributed by atoms with Crippen molar-refractivity contribution in [2.45, 2.75) is 58.5 Å². The van der Waals surface area contributed by atoms with Gasteiger partial charge >= 0.3 is 6.18 Å². The van der Waals surface area contributed by atoms with Crippen LogP contribution < -0.4 is 0 Å². The van der Waals surface area contributed by atoms with E-state index >= 15 is 0 Å². The average molecular weight is 573 g/mol. The number of nitrogens with zero attached hydrogens (tertiary/aromatic N) is 2. The van der Waals surface area contributed by atoms with Crippen molar-refractivity contribution < 1.29 is 23.4 Å². The molecule has 0 fully saturated rings. The van der Waals surface area contributed by atoms with Gasteiger partial charge in [0.25, 0.3) is 0 Å². The van der Waals surface area contributed by atoms with Gasteiger partial charge in [0.2, 0.25) is 0 Å². The summed E-state index contributed by atoms with van der Waals surface area (Å²) in [5.41, 5.74) is 5.63. The van der Waals surface area contributed by atoms with E-state index in [2.05, 4.69) is 9.98 Å². The Labute approximate surface area is 244 Å². The molecule has 0 spiro atoms. The molecule has 4 aromatic rings. The van der Waals surface area contributed by atoms with E-state index in [1.807, 2.05) is 62.4 Å². The third-order valence-corrected chi connectivity index (χ3v) is 7.07. The molecule has 4 aromatic carbocycles. The molecule has 0 radical (unpaired) electrons. The van der Waals surface area contributed by atoms with Crippen LogP contribution in [0.3, 0.4) is 0 Å². The van der Waals surface area contributed by atoms with Gasteiger partial charge in [-0.05, 0) is 91.6 Å². The number of unbranched alkanes of at least 4 members (excludes halogenated alkanes) is 3. The van der Waals surface area contributed by atoms with Gasteiger partial charge in [0, 0.05) is 12.4 Å². The number of alkyl halides is 3. The molecule has 0 bridgehead atoms. The van der Waals surface area contributed by atoms with E-state index in [4.69, 9.17) is 0 Å². The lowest BCUT2D eigenvalue weighted by Gasteiger charge is -2.10. The van der Waals surface area contributed by atoms with Crippen molar-refractivity contribution in [3.63, 3.8) is 0 Å². The van der Waals surface area contributed by atoms with E-state index < -0.39 is 11.7 Å². The molecule has 4 nitrogen and oxygen atoms in total. The summed E-state index contributed by atoms with van der Waals surface area (Å²) in [6.45, 7) is 4.04. The number of halogens is 3. The first kappa shape index (κ1) is 30.6. The van der Waals surface area contributed by atoms with Crippen LogP contribution in [0.5, 0.6) is 11.5 Å². The summed E-state index contributed by atoms with van der Waals surface area (Å²) < 4.78 is 38.3. The van der Waals surface area contributed by atoms with Crippen LogP contribution in [0.15, 0.2) is 88.8 Å². The zero-order chi connectivity index (χ0) is 30.1. The van der Waals surface area contributed by atoms with Crippen molar-refractivity contribution in [2.24, 2.45) is 9.98 Å². The zero-order valence-corrected chi connectivity index (χ0v) is 23.8. The van der Waals surface area contributed by atoms with Crippen molar-refractivity contribution in [1.82, 2.24) is 0 Å². The van der Waals surface area contributed by atoms with E-state index in [9.17, 15) is 23.4 Å². The van der Waals surface area contributed by atoms with Gasteiger partial charge in [-0.1, -0.05) is 73.0 Å². The lowest BCUT2D eigenvalue weighted by atomic mass is 10.0. The number of aliphatic imine (C=N–C) groups is 2. The molecule has 0 amide bonds. The summed E-state index contributed by atoms with van der Waals surface area (Å²) in [5.74, 6) is 0.312. The number of para-hydroxylation sites is 1. The highest BCUT2D eigenvalue weighted by Gasteiger charge is 2.29. The van der Waals surface area contributed by atoms with Gasteiger partial charge in [0.15, 0.2) is 0 Å². The fraction of sp³-hybridized carbons (Fsp3) is 0.257. The number of rotatable bonds is 11. The second-order valence-electron chi connectivity index (χ2n) is 10.5. The minimum atomic E-state index is -4.38. The zero-order valence-electron chi connectivity index (χ0n) is 23.8. The van der Waals surface area contributed by atoms with Crippen LogP contribution in [0.25, 0.3) is 0 Å². The van der Waals surface area contributed by atoms with Crippen LogP contribution >= 0.6 is 0 Å². The minimum absolute atomic E-state index is 0.0871. The average Bonchev–Trinajstić information content (AvgIpc) is 2.96. The first-order chi connectivity index (χ1) is 20.1. The molecule has 0 aliphatic carbocycles. The van der Waals surface area contributed by atoms with Crippen molar-refractivity contribution in [1.29, 1.82) is 0 Å². The molecule has 0 aliphatic heterocycles. The first-order valence-electron chi connectivity index (χ1n) is 14.1. The molecule has 4 rings (SSSR count). The number of aromatic hydroxyl groups is 2. The van der Waals surface area contributed by atoms with Crippen molar-refractivity contribution in [3.05, 3.63) is 118 Å². The van der Waals surface area contributed by atoms with Crippen LogP contribution in [0, 0.1) is 13.8 Å². The number of aryl methyl sites for hydroxylation is 4. The molecule has 0 unspecified atom stereocenters. The molecule has 0 atom stereocenters. The summed E-state index contributed by atoms with van der Waals surface area (Å²) >= 11 is 0. The van der Waals surface area contributed by atoms with E-state index in [0.717, 1.165) is 66.5 Å². The highest BCUT2D eigenvalue weighted by atomic mass is 19.4. The van der Waals surface area contributed by atoms with Gasteiger partial charge in [-0.25, -0.2) is 0 Å². The molecular formula is C35H35F3N2O2. The molecule has 0 saturated carbocycles. The van der Waals surface area contributed by atoms with Crippen LogP contribution in [-0.2, 0) is 19.0 Å². The maximum absolute atomic E-state index is 12.8. The molecule has 0 heterocycles. The van der Waals surface area contributed by atoms with Crippen molar-refractivity contribution in [2.75, 3.05) is 0 Å². The summed E-state index contributed by atoms with van der Waals surface area (Å²) in [6.07, 6.45) is 3.99. The van der Waals surface area contributed by atoms with Crippen molar-refractivity contribution >= 4 is 23.8 Å². The Kier molecular flexibility index (Phi) is 10.2. The maximum Gasteiger partial charge on any atom is 0.416 e. The lowest BCUT2D eigenvalue weighted by molar-refractivity contribution is -0.137. The Morgan fingerprint density at radius 3 is 1.79 bits per heavy atom. The second kappa shape index (κ2) is 14.0. The third-order valence-electron chi connectivity index (χ3n) is 7.07. The molecular weight excluding hydrogens is 537 g/mol. The number of hydrogen-bond donors (Lipinski definition) is 2. The van der Waals surface area contributed by atoms with E-state index in [1.165, 1.54) is 23.9 Å². The largest absolute Gasteiger partial charge is 0.505 e. The van der Waals surface area contributed by atoms with Gasteiger partial charge < -0.3 is 10.2 Å². The van der Waals surface area contributed by atoms with Gasteiger partial charge in [-0.15, -0.1) is 0 Å². The van der Waals surface area contributed by atoms with Gasteiger partial charge in [-0.3, -0.25) is 9.98 Å². The van der Waals surface area contributed by atoms with Crippen LogP contribution in [0.4, 0.5) is 24.5 Å². The fourth-order valence-corrected chi connectivity index (χ4v) is 4.69.